The van der Waals surface area contributed by atoms with Crippen LogP contribution in [0.4, 0.5) is 11.8 Å². The maximum absolute atomic E-state index is 12.9. The quantitative estimate of drug-likeness (QED) is 0.525. The second kappa shape index (κ2) is 7.82. The molecule has 158 valence electrons. The fraction of sp³-hybridized carbons (Fsp3) is 0.200. The molecule has 5 N–H and O–H groups in total. The summed E-state index contributed by atoms with van der Waals surface area (Å²) in [5.74, 6) is -0.250. The molecule has 31 heavy (non-hydrogen) atoms. The number of nitrogens with two attached hydrogens (primary N) is 2. The van der Waals surface area contributed by atoms with Gasteiger partial charge in [0.05, 0.1) is 22.0 Å². The number of fused-ring (bicyclic) bond motifs is 1. The van der Waals surface area contributed by atoms with Crippen molar-refractivity contribution in [3.63, 3.8) is 0 Å². The predicted octanol–water partition coefficient (Wildman–Crippen LogP) is 0.745. The summed E-state index contributed by atoms with van der Waals surface area (Å²) >= 11 is 0. The van der Waals surface area contributed by atoms with E-state index in [2.05, 4.69) is 20.8 Å². The third kappa shape index (κ3) is 4.11. The molecule has 3 aromatic rings. The molecule has 0 unspecified atom stereocenters. The zero-order chi connectivity index (χ0) is 22.2. The van der Waals surface area contributed by atoms with Crippen LogP contribution in [0.3, 0.4) is 0 Å². The molecule has 1 aliphatic heterocycles. The smallest absolute Gasteiger partial charge is 0.241 e. The van der Waals surface area contributed by atoms with Gasteiger partial charge in [-0.1, -0.05) is 12.1 Å². The van der Waals surface area contributed by atoms with Gasteiger partial charge in [0.2, 0.25) is 21.9 Å². The van der Waals surface area contributed by atoms with Crippen LogP contribution in [0.5, 0.6) is 0 Å². The van der Waals surface area contributed by atoms with Crippen LogP contribution in [0.1, 0.15) is 17.5 Å². The summed E-state index contributed by atoms with van der Waals surface area (Å²) in [6, 6.07) is 12.4. The molecule has 1 saturated heterocycles. The van der Waals surface area contributed by atoms with Crippen molar-refractivity contribution in [1.82, 2.24) is 19.6 Å². The Balaban J connectivity index is 1.51. The van der Waals surface area contributed by atoms with Gasteiger partial charge in [-0.3, -0.25) is 4.79 Å². The van der Waals surface area contributed by atoms with E-state index in [4.69, 9.17) is 16.7 Å². The normalized spacial score (nSPS) is 16.5. The van der Waals surface area contributed by atoms with E-state index in [-0.39, 0.29) is 22.6 Å². The van der Waals surface area contributed by atoms with Gasteiger partial charge in [0.25, 0.3) is 0 Å². The number of sulfonamides is 1. The fourth-order valence-corrected chi connectivity index (χ4v) is 4.79. The summed E-state index contributed by atoms with van der Waals surface area (Å²) in [4.78, 5) is 22.2. The van der Waals surface area contributed by atoms with E-state index in [9.17, 15) is 13.2 Å². The van der Waals surface area contributed by atoms with Gasteiger partial charge in [-0.15, -0.1) is 0 Å². The Morgan fingerprint density at radius 2 is 2.00 bits per heavy atom. The number of nitriles is 1. The average Bonchev–Trinajstić information content (AvgIpc) is 3.06. The van der Waals surface area contributed by atoms with E-state index >= 15 is 0 Å². The summed E-state index contributed by atoms with van der Waals surface area (Å²) in [5.41, 5.74) is 13.1. The van der Waals surface area contributed by atoms with Crippen LogP contribution in [-0.2, 0) is 21.4 Å². The molecular formula is C20H19N7O3S. The van der Waals surface area contributed by atoms with Crippen LogP contribution in [0, 0.1) is 11.3 Å². The molecule has 0 saturated carbocycles. The molecule has 1 atom stereocenters. The lowest BCUT2D eigenvalue weighted by Gasteiger charge is -2.17. The van der Waals surface area contributed by atoms with Crippen molar-refractivity contribution in [2.24, 2.45) is 0 Å². The molecule has 0 aliphatic carbocycles. The molecule has 4 rings (SSSR count). The molecule has 11 heteroatoms. The summed E-state index contributed by atoms with van der Waals surface area (Å²) in [6.45, 7) is 0.707. The molecule has 1 aliphatic rings. The minimum Gasteiger partial charge on any atom is -0.383 e. The number of nitrogens with one attached hydrogen (secondary N) is 1. The van der Waals surface area contributed by atoms with E-state index in [1.807, 2.05) is 6.07 Å². The average molecular weight is 437 g/mol. The van der Waals surface area contributed by atoms with Gasteiger partial charge in [-0.25, -0.2) is 13.4 Å². The topological polar surface area (TPSA) is 168 Å². The lowest BCUT2D eigenvalue weighted by molar-refractivity contribution is -0.129. The number of aromatic nitrogens is 2. The Morgan fingerprint density at radius 1 is 1.19 bits per heavy atom. The van der Waals surface area contributed by atoms with Crippen molar-refractivity contribution in [2.45, 2.75) is 23.9 Å². The van der Waals surface area contributed by atoms with Gasteiger partial charge in [0.15, 0.2) is 0 Å². The third-order valence-electron chi connectivity index (χ3n) is 5.05. The molecule has 0 spiro atoms. The second-order valence-electron chi connectivity index (χ2n) is 7.18. The Kier molecular flexibility index (Phi) is 5.18. The third-order valence-corrected chi connectivity index (χ3v) is 6.52. The number of benzene rings is 2. The van der Waals surface area contributed by atoms with Crippen molar-refractivity contribution in [3.05, 3.63) is 53.6 Å². The number of nitrogens with zero attached hydrogens (tertiary/aromatic N) is 4. The maximum Gasteiger partial charge on any atom is 0.241 e. The molecule has 10 nitrogen and oxygen atoms in total. The van der Waals surface area contributed by atoms with Gasteiger partial charge in [0.1, 0.15) is 11.9 Å². The largest absolute Gasteiger partial charge is 0.383 e. The van der Waals surface area contributed by atoms with E-state index in [1.165, 1.54) is 18.2 Å². The van der Waals surface area contributed by atoms with Crippen LogP contribution >= 0.6 is 0 Å². The predicted molar refractivity (Wildman–Crippen MR) is 114 cm³/mol. The first-order chi connectivity index (χ1) is 14.8. The first-order valence-corrected chi connectivity index (χ1v) is 10.9. The summed E-state index contributed by atoms with van der Waals surface area (Å²) in [5, 5.41) is 9.38. The Hall–Kier alpha value is -3.75. The summed E-state index contributed by atoms with van der Waals surface area (Å²) < 4.78 is 28.2. The van der Waals surface area contributed by atoms with Gasteiger partial charge >= 0.3 is 0 Å². The maximum atomic E-state index is 12.9. The first-order valence-electron chi connectivity index (χ1n) is 9.40. The standard InChI is InChI=1S/C20H19N7O3S/c21-10-12-2-1-3-13(8-12)11-27-7-6-17(19(27)28)26-31(29,30)14-4-5-16-15(9-14)18(22)25-20(23)24-16/h1-5,8-9,17,26H,6-7,11H2,(H4,22,23,24,25)/t17-/m0/s1. The Labute approximate surface area is 178 Å². The number of nitrogen functional groups attached to an aromatic ring is 2. The zero-order valence-electron chi connectivity index (χ0n) is 16.3. The molecule has 1 amide bonds. The van der Waals surface area contributed by atoms with Gasteiger partial charge in [0, 0.05) is 18.5 Å². The molecule has 0 bridgehead atoms. The lowest BCUT2D eigenvalue weighted by Crippen LogP contribution is -2.41. The van der Waals surface area contributed by atoms with Crippen molar-refractivity contribution >= 4 is 38.6 Å². The van der Waals surface area contributed by atoms with Crippen molar-refractivity contribution in [2.75, 3.05) is 18.0 Å². The van der Waals surface area contributed by atoms with Gasteiger partial charge < -0.3 is 16.4 Å². The van der Waals surface area contributed by atoms with E-state index in [1.54, 1.807) is 23.1 Å². The monoisotopic (exact) mass is 437 g/mol. The first kappa shape index (κ1) is 20.5. The number of likely N-dealkylation sites (tertiary alicyclic amines) is 1. The molecule has 2 aromatic carbocycles. The Morgan fingerprint density at radius 3 is 2.77 bits per heavy atom. The minimum absolute atomic E-state index is 0.00400. The molecule has 1 fully saturated rings. The lowest BCUT2D eigenvalue weighted by atomic mass is 10.1. The number of hydrogen-bond acceptors (Lipinski definition) is 8. The number of hydrogen-bond donors (Lipinski definition) is 3. The number of carbonyl (C=O) groups excluding carboxylic acids is 1. The second-order valence-corrected chi connectivity index (χ2v) is 8.89. The Bertz CT molecular complexity index is 1330. The molecular weight excluding hydrogens is 418 g/mol. The highest BCUT2D eigenvalue weighted by atomic mass is 32.2. The summed E-state index contributed by atoms with van der Waals surface area (Å²) in [6.07, 6.45) is 0.339. The summed E-state index contributed by atoms with van der Waals surface area (Å²) in [7, 11) is -3.98. The minimum atomic E-state index is -3.98. The van der Waals surface area contributed by atoms with Crippen molar-refractivity contribution in [1.29, 1.82) is 5.26 Å². The van der Waals surface area contributed by atoms with Crippen LogP contribution in [0.25, 0.3) is 10.9 Å². The fourth-order valence-electron chi connectivity index (χ4n) is 3.54. The van der Waals surface area contributed by atoms with Crippen LogP contribution in [0.15, 0.2) is 47.4 Å². The highest BCUT2D eigenvalue weighted by Gasteiger charge is 2.35. The van der Waals surface area contributed by atoms with Crippen molar-refractivity contribution < 1.29 is 13.2 Å². The number of anilines is 2. The SMILES string of the molecule is N#Cc1cccc(CN2CC[C@H](NS(=O)(=O)c3ccc4nc(N)nc(N)c4c3)C2=O)c1. The van der Waals surface area contributed by atoms with E-state index in [0.29, 0.717) is 36.0 Å². The highest BCUT2D eigenvalue weighted by molar-refractivity contribution is 7.89. The number of carbonyl (C=O) groups is 1. The van der Waals surface area contributed by atoms with E-state index < -0.39 is 16.1 Å². The number of amides is 1. The van der Waals surface area contributed by atoms with Crippen molar-refractivity contribution in [3.8, 4) is 6.07 Å². The van der Waals surface area contributed by atoms with Gasteiger partial charge in [-0.2, -0.15) is 15.0 Å². The zero-order valence-corrected chi connectivity index (χ0v) is 17.1. The molecule has 0 radical (unpaired) electrons. The highest BCUT2D eigenvalue weighted by Crippen LogP contribution is 2.24. The van der Waals surface area contributed by atoms with Gasteiger partial charge in [-0.05, 0) is 42.3 Å². The number of rotatable bonds is 5. The molecule has 2 heterocycles. The van der Waals surface area contributed by atoms with Crippen LogP contribution < -0.4 is 16.2 Å². The van der Waals surface area contributed by atoms with Crippen LogP contribution in [-0.4, -0.2) is 41.8 Å². The van der Waals surface area contributed by atoms with E-state index in [0.717, 1.165) is 5.56 Å². The molecule has 1 aromatic heterocycles. The van der Waals surface area contributed by atoms with Crippen LogP contribution in [0.2, 0.25) is 0 Å².